The van der Waals surface area contributed by atoms with Crippen molar-refractivity contribution in [3.8, 4) is 0 Å². The highest BCUT2D eigenvalue weighted by Gasteiger charge is 2.19. The first-order valence-corrected chi connectivity index (χ1v) is 11.0. The summed E-state index contributed by atoms with van der Waals surface area (Å²) in [6, 6.07) is 11.4. The lowest BCUT2D eigenvalue weighted by molar-refractivity contribution is 0.0999. The van der Waals surface area contributed by atoms with Gasteiger partial charge in [-0.25, -0.2) is 9.97 Å². The summed E-state index contributed by atoms with van der Waals surface area (Å²) in [6.45, 7) is 2.68. The number of thiazole rings is 1. The second-order valence-corrected chi connectivity index (χ2v) is 8.53. The van der Waals surface area contributed by atoms with Crippen molar-refractivity contribution in [3.63, 3.8) is 0 Å². The Hall–Kier alpha value is -2.97. The van der Waals surface area contributed by atoms with E-state index in [0.717, 1.165) is 59.4 Å². The molecule has 1 saturated heterocycles. The number of hydrogen-bond donors (Lipinski definition) is 4. The molecule has 1 amide bonds. The van der Waals surface area contributed by atoms with Gasteiger partial charge in [0.2, 0.25) is 5.91 Å². The van der Waals surface area contributed by atoms with Gasteiger partial charge < -0.3 is 21.7 Å². The normalized spacial score (nSPS) is 14.4. The number of rotatable bonds is 8. The number of carbonyl (C=O) groups is 1. The average Bonchev–Trinajstić information content (AvgIpc) is 3.21. The number of primary amides is 1. The van der Waals surface area contributed by atoms with Crippen molar-refractivity contribution in [1.82, 2.24) is 15.3 Å². The molecule has 5 N–H and O–H groups in total. The fourth-order valence-electron chi connectivity index (χ4n) is 3.75. The first kappa shape index (κ1) is 20.3. The fourth-order valence-corrected chi connectivity index (χ4v) is 4.51. The van der Waals surface area contributed by atoms with Crippen molar-refractivity contribution >= 4 is 33.9 Å². The number of nitrogens with zero attached hydrogens (tertiary/aromatic N) is 2. The smallest absolute Gasteiger partial charge is 0.249 e. The van der Waals surface area contributed by atoms with Gasteiger partial charge in [0, 0.05) is 28.5 Å². The SMILES string of the molecule is NC(=O)c1cccc(NCc2cnc(Nc3ccccn3)s2)c1CC1CCNCC1. The van der Waals surface area contributed by atoms with E-state index in [1.165, 1.54) is 0 Å². The van der Waals surface area contributed by atoms with E-state index >= 15 is 0 Å². The third-order valence-electron chi connectivity index (χ3n) is 5.30. The van der Waals surface area contributed by atoms with Gasteiger partial charge in [0.1, 0.15) is 5.82 Å². The molecule has 8 heteroatoms. The lowest BCUT2D eigenvalue weighted by Gasteiger charge is -2.24. The largest absolute Gasteiger partial charge is 0.380 e. The molecule has 1 fully saturated rings. The summed E-state index contributed by atoms with van der Waals surface area (Å²) < 4.78 is 0. The van der Waals surface area contributed by atoms with Crippen LogP contribution in [0, 0.1) is 5.92 Å². The molecule has 3 heterocycles. The van der Waals surface area contributed by atoms with Crippen molar-refractivity contribution in [2.75, 3.05) is 23.7 Å². The number of anilines is 3. The highest BCUT2D eigenvalue weighted by atomic mass is 32.1. The van der Waals surface area contributed by atoms with Crippen molar-refractivity contribution in [2.45, 2.75) is 25.8 Å². The molecule has 4 rings (SSSR count). The van der Waals surface area contributed by atoms with Crippen LogP contribution < -0.4 is 21.7 Å². The maximum Gasteiger partial charge on any atom is 0.249 e. The molecule has 1 aliphatic rings. The Balaban J connectivity index is 1.46. The zero-order chi connectivity index (χ0) is 20.8. The predicted octanol–water partition coefficient (Wildman–Crippen LogP) is 3.53. The molecule has 7 nitrogen and oxygen atoms in total. The lowest BCUT2D eigenvalue weighted by atomic mass is 9.88. The molecule has 0 spiro atoms. The Kier molecular flexibility index (Phi) is 6.56. The number of amides is 1. The van der Waals surface area contributed by atoms with Crippen LogP contribution in [0.15, 0.2) is 48.8 Å². The van der Waals surface area contributed by atoms with E-state index in [1.807, 2.05) is 42.6 Å². The number of benzene rings is 1. The predicted molar refractivity (Wildman–Crippen MR) is 121 cm³/mol. The quantitative estimate of drug-likeness (QED) is 0.443. The van der Waals surface area contributed by atoms with Crippen LogP contribution in [0.3, 0.4) is 0 Å². The van der Waals surface area contributed by atoms with Crippen LogP contribution in [0.25, 0.3) is 0 Å². The standard InChI is InChI=1S/C22H26N6OS/c23-21(29)17-4-3-5-19(18(17)12-15-7-10-24-11-8-15)26-13-16-14-27-22(30-16)28-20-6-1-2-9-25-20/h1-6,9,14-15,24,26H,7-8,10-13H2,(H2,23,29)(H,25,27,28). The van der Waals surface area contributed by atoms with E-state index in [4.69, 9.17) is 5.73 Å². The Bertz CT molecular complexity index is 984. The molecule has 0 atom stereocenters. The summed E-state index contributed by atoms with van der Waals surface area (Å²) in [5.74, 6) is 0.955. The summed E-state index contributed by atoms with van der Waals surface area (Å²) in [6.07, 6.45) is 6.69. The van der Waals surface area contributed by atoms with E-state index in [0.29, 0.717) is 18.0 Å². The second-order valence-electron chi connectivity index (χ2n) is 7.42. The van der Waals surface area contributed by atoms with Gasteiger partial charge in [-0.3, -0.25) is 4.79 Å². The van der Waals surface area contributed by atoms with Gasteiger partial charge in [-0.15, -0.1) is 0 Å². The van der Waals surface area contributed by atoms with E-state index in [9.17, 15) is 4.79 Å². The minimum atomic E-state index is -0.373. The summed E-state index contributed by atoms with van der Waals surface area (Å²) in [4.78, 5) is 21.8. The van der Waals surface area contributed by atoms with Crippen molar-refractivity contribution in [3.05, 3.63) is 64.8 Å². The van der Waals surface area contributed by atoms with E-state index in [2.05, 4.69) is 25.9 Å². The van der Waals surface area contributed by atoms with Crippen LogP contribution in [0.2, 0.25) is 0 Å². The zero-order valence-corrected chi connectivity index (χ0v) is 17.5. The third-order valence-corrected chi connectivity index (χ3v) is 6.21. The number of piperidine rings is 1. The lowest BCUT2D eigenvalue weighted by Crippen LogP contribution is -2.29. The number of aromatic nitrogens is 2. The van der Waals surface area contributed by atoms with Crippen LogP contribution in [-0.2, 0) is 13.0 Å². The Morgan fingerprint density at radius 1 is 1.17 bits per heavy atom. The number of nitrogens with two attached hydrogens (primary N) is 1. The average molecular weight is 423 g/mol. The molecule has 30 heavy (non-hydrogen) atoms. The molecular formula is C22H26N6OS. The zero-order valence-electron chi connectivity index (χ0n) is 16.7. The molecule has 0 bridgehead atoms. The summed E-state index contributed by atoms with van der Waals surface area (Å²) in [5, 5.41) is 10.9. The van der Waals surface area contributed by atoms with Crippen LogP contribution in [0.4, 0.5) is 16.6 Å². The number of pyridine rings is 1. The fraction of sp³-hybridized carbons (Fsp3) is 0.318. The minimum Gasteiger partial charge on any atom is -0.380 e. The van der Waals surface area contributed by atoms with Gasteiger partial charge in [-0.1, -0.05) is 23.5 Å². The molecule has 0 saturated carbocycles. The molecule has 0 radical (unpaired) electrons. The van der Waals surface area contributed by atoms with Crippen LogP contribution in [-0.4, -0.2) is 29.0 Å². The van der Waals surface area contributed by atoms with Crippen LogP contribution in [0.1, 0.15) is 33.6 Å². The number of hydrogen-bond acceptors (Lipinski definition) is 7. The molecule has 0 aliphatic carbocycles. The van der Waals surface area contributed by atoms with E-state index < -0.39 is 0 Å². The van der Waals surface area contributed by atoms with Crippen molar-refractivity contribution < 1.29 is 4.79 Å². The third kappa shape index (κ3) is 5.14. The van der Waals surface area contributed by atoms with Gasteiger partial charge >= 0.3 is 0 Å². The molecule has 2 aromatic heterocycles. The monoisotopic (exact) mass is 422 g/mol. The Morgan fingerprint density at radius 3 is 2.80 bits per heavy atom. The van der Waals surface area contributed by atoms with Crippen LogP contribution in [0.5, 0.6) is 0 Å². The summed E-state index contributed by atoms with van der Waals surface area (Å²) >= 11 is 1.57. The first-order chi connectivity index (χ1) is 14.7. The maximum absolute atomic E-state index is 12.0. The summed E-state index contributed by atoms with van der Waals surface area (Å²) in [7, 11) is 0. The number of nitrogens with one attached hydrogen (secondary N) is 3. The molecular weight excluding hydrogens is 396 g/mol. The van der Waals surface area contributed by atoms with Gasteiger partial charge in [0.25, 0.3) is 0 Å². The molecule has 3 aromatic rings. The maximum atomic E-state index is 12.0. The van der Waals surface area contributed by atoms with Gasteiger partial charge in [-0.2, -0.15) is 0 Å². The first-order valence-electron chi connectivity index (χ1n) is 10.2. The van der Waals surface area contributed by atoms with Gasteiger partial charge in [0.05, 0.1) is 6.54 Å². The topological polar surface area (TPSA) is 105 Å². The molecule has 1 aliphatic heterocycles. The van der Waals surface area contributed by atoms with E-state index in [-0.39, 0.29) is 5.91 Å². The van der Waals surface area contributed by atoms with Gasteiger partial charge in [0.15, 0.2) is 5.13 Å². The number of carbonyl (C=O) groups excluding carboxylic acids is 1. The highest BCUT2D eigenvalue weighted by Crippen LogP contribution is 2.28. The van der Waals surface area contributed by atoms with Crippen LogP contribution >= 0.6 is 11.3 Å². The van der Waals surface area contributed by atoms with Crippen molar-refractivity contribution in [2.24, 2.45) is 11.7 Å². The molecule has 0 unspecified atom stereocenters. The molecule has 156 valence electrons. The van der Waals surface area contributed by atoms with Gasteiger partial charge in [-0.05, 0) is 68.1 Å². The molecule has 1 aromatic carbocycles. The highest BCUT2D eigenvalue weighted by molar-refractivity contribution is 7.15. The minimum absolute atomic E-state index is 0.373. The van der Waals surface area contributed by atoms with Crippen molar-refractivity contribution in [1.29, 1.82) is 0 Å². The van der Waals surface area contributed by atoms with E-state index in [1.54, 1.807) is 17.5 Å². The summed E-state index contributed by atoms with van der Waals surface area (Å²) in [5.41, 5.74) is 8.27. The Labute approximate surface area is 180 Å². The Morgan fingerprint density at radius 2 is 2.03 bits per heavy atom. The second kappa shape index (κ2) is 9.69.